The van der Waals surface area contributed by atoms with Crippen molar-refractivity contribution in [2.45, 2.75) is 64.2 Å². The molecule has 3 N–H and O–H groups in total. The molecule has 1 aliphatic carbocycles. The van der Waals surface area contributed by atoms with Gasteiger partial charge in [0.2, 0.25) is 0 Å². The average Bonchev–Trinajstić information content (AvgIpc) is 2.52. The van der Waals surface area contributed by atoms with Crippen LogP contribution in [0.4, 0.5) is 0 Å². The van der Waals surface area contributed by atoms with Gasteiger partial charge in [-0.2, -0.15) is 0 Å². The molecule has 134 valence electrons. The molecular formula is C17H33N3O3. The van der Waals surface area contributed by atoms with Crippen molar-refractivity contribution in [2.24, 2.45) is 10.4 Å². The normalized spacial score (nSPS) is 33.0. The highest BCUT2D eigenvalue weighted by molar-refractivity contribution is 5.80. The molecule has 2 unspecified atom stereocenters. The molecule has 1 aliphatic heterocycles. The summed E-state index contributed by atoms with van der Waals surface area (Å²) in [6.07, 6.45) is 2.23. The highest BCUT2D eigenvalue weighted by Crippen LogP contribution is 2.51. The van der Waals surface area contributed by atoms with Crippen molar-refractivity contribution in [3.8, 4) is 0 Å². The predicted octanol–water partition coefficient (Wildman–Crippen LogP) is 1.29. The van der Waals surface area contributed by atoms with Crippen LogP contribution in [0, 0.1) is 5.41 Å². The molecule has 2 aliphatic rings. The Kier molecular flexibility index (Phi) is 5.59. The standard InChI is InChI=1S/C17H33N3O3/c1-6-18-14(19-12-17(21)7-9-23-10-8-17)20-13-11-16(4,22-5)15(13,2)3/h13,21H,6-12H2,1-5H3,(H2,18,19,20). The van der Waals surface area contributed by atoms with Gasteiger partial charge in [-0.25, -0.2) is 0 Å². The minimum atomic E-state index is -0.739. The molecule has 0 spiro atoms. The lowest BCUT2D eigenvalue weighted by Crippen LogP contribution is -2.69. The molecule has 0 amide bonds. The molecule has 0 radical (unpaired) electrons. The van der Waals surface area contributed by atoms with Crippen LogP contribution in [0.1, 0.15) is 47.0 Å². The molecular weight excluding hydrogens is 294 g/mol. The first kappa shape index (κ1) is 18.5. The van der Waals surface area contributed by atoms with Gasteiger partial charge in [-0.15, -0.1) is 0 Å². The van der Waals surface area contributed by atoms with Crippen molar-refractivity contribution in [2.75, 3.05) is 33.4 Å². The summed E-state index contributed by atoms with van der Waals surface area (Å²) in [7, 11) is 1.78. The second-order valence-electron chi connectivity index (χ2n) is 7.59. The zero-order chi connectivity index (χ0) is 17.1. The largest absolute Gasteiger partial charge is 0.388 e. The average molecular weight is 327 g/mol. The highest BCUT2D eigenvalue weighted by Gasteiger charge is 2.58. The van der Waals surface area contributed by atoms with Gasteiger partial charge in [-0.1, -0.05) is 13.8 Å². The van der Waals surface area contributed by atoms with Gasteiger partial charge in [0.05, 0.1) is 17.7 Å². The lowest BCUT2D eigenvalue weighted by molar-refractivity contribution is -0.176. The Bertz CT molecular complexity index is 433. The first-order chi connectivity index (χ1) is 10.8. The number of aliphatic hydroxyl groups is 1. The van der Waals surface area contributed by atoms with Gasteiger partial charge < -0.3 is 25.2 Å². The monoisotopic (exact) mass is 327 g/mol. The number of rotatable bonds is 5. The predicted molar refractivity (Wildman–Crippen MR) is 91.7 cm³/mol. The molecule has 2 rings (SSSR count). The molecule has 1 heterocycles. The van der Waals surface area contributed by atoms with Gasteiger partial charge in [0, 0.05) is 51.2 Å². The van der Waals surface area contributed by atoms with E-state index in [4.69, 9.17) is 9.47 Å². The molecule has 0 aromatic carbocycles. The topological polar surface area (TPSA) is 75.1 Å². The summed E-state index contributed by atoms with van der Waals surface area (Å²) >= 11 is 0. The van der Waals surface area contributed by atoms with E-state index in [0.29, 0.717) is 38.6 Å². The molecule has 6 heteroatoms. The lowest BCUT2D eigenvalue weighted by Gasteiger charge is -2.59. The highest BCUT2D eigenvalue weighted by atomic mass is 16.5. The van der Waals surface area contributed by atoms with Crippen molar-refractivity contribution < 1.29 is 14.6 Å². The van der Waals surface area contributed by atoms with E-state index in [1.807, 2.05) is 6.92 Å². The Hall–Kier alpha value is -0.850. The molecule has 1 saturated carbocycles. The van der Waals surface area contributed by atoms with Gasteiger partial charge in [-0.3, -0.25) is 4.99 Å². The number of nitrogens with one attached hydrogen (secondary N) is 2. The molecule has 2 fully saturated rings. The van der Waals surface area contributed by atoms with Gasteiger partial charge in [0.25, 0.3) is 0 Å². The summed E-state index contributed by atoms with van der Waals surface area (Å²) in [5, 5.41) is 17.3. The summed E-state index contributed by atoms with van der Waals surface area (Å²) in [6, 6.07) is 0.301. The number of methoxy groups -OCH3 is 1. The second kappa shape index (κ2) is 6.95. The fourth-order valence-electron chi connectivity index (χ4n) is 3.34. The van der Waals surface area contributed by atoms with E-state index in [-0.39, 0.29) is 11.0 Å². The molecule has 0 aromatic heterocycles. The zero-order valence-corrected chi connectivity index (χ0v) is 15.2. The molecule has 2 atom stereocenters. The Balaban J connectivity index is 1.98. The first-order valence-electron chi connectivity index (χ1n) is 8.66. The minimum absolute atomic E-state index is 0.0214. The molecule has 23 heavy (non-hydrogen) atoms. The van der Waals surface area contributed by atoms with Crippen LogP contribution < -0.4 is 10.6 Å². The van der Waals surface area contributed by atoms with Crippen LogP contribution in [-0.2, 0) is 9.47 Å². The molecule has 6 nitrogen and oxygen atoms in total. The first-order valence-corrected chi connectivity index (χ1v) is 8.66. The maximum atomic E-state index is 10.6. The van der Waals surface area contributed by atoms with Crippen LogP contribution in [0.3, 0.4) is 0 Å². The maximum absolute atomic E-state index is 10.6. The van der Waals surface area contributed by atoms with Crippen LogP contribution in [0.2, 0.25) is 0 Å². The Labute approximate surface area is 140 Å². The van der Waals surface area contributed by atoms with Crippen LogP contribution in [0.25, 0.3) is 0 Å². The van der Waals surface area contributed by atoms with Gasteiger partial charge in [-0.05, 0) is 20.3 Å². The third kappa shape index (κ3) is 3.80. The second-order valence-corrected chi connectivity index (χ2v) is 7.59. The summed E-state index contributed by atoms with van der Waals surface area (Å²) in [6.45, 7) is 11.0. The zero-order valence-electron chi connectivity index (χ0n) is 15.2. The number of nitrogens with zero attached hydrogens (tertiary/aromatic N) is 1. The van der Waals surface area contributed by atoms with Gasteiger partial charge >= 0.3 is 0 Å². The SMILES string of the molecule is CCNC(=NCC1(O)CCOCC1)NC1CC(C)(OC)C1(C)C. The fourth-order valence-corrected chi connectivity index (χ4v) is 3.34. The number of ether oxygens (including phenoxy) is 2. The quantitative estimate of drug-likeness (QED) is 0.524. The number of guanidine groups is 1. The van der Waals surface area contributed by atoms with E-state index in [1.54, 1.807) is 7.11 Å². The van der Waals surface area contributed by atoms with Crippen LogP contribution in [0.15, 0.2) is 4.99 Å². The summed E-state index contributed by atoms with van der Waals surface area (Å²) in [5.41, 5.74) is -0.828. The van der Waals surface area contributed by atoms with Crippen LogP contribution >= 0.6 is 0 Å². The van der Waals surface area contributed by atoms with Gasteiger partial charge in [0.15, 0.2) is 5.96 Å². The Morgan fingerprint density at radius 3 is 2.48 bits per heavy atom. The van der Waals surface area contributed by atoms with Crippen molar-refractivity contribution in [1.29, 1.82) is 0 Å². The van der Waals surface area contributed by atoms with E-state index in [2.05, 4.69) is 36.4 Å². The molecule has 1 saturated heterocycles. The number of aliphatic imine (C=N–C) groups is 1. The Morgan fingerprint density at radius 2 is 1.96 bits per heavy atom. The van der Waals surface area contributed by atoms with E-state index < -0.39 is 5.60 Å². The van der Waals surface area contributed by atoms with Crippen LogP contribution in [0.5, 0.6) is 0 Å². The van der Waals surface area contributed by atoms with Crippen LogP contribution in [-0.4, -0.2) is 61.7 Å². The third-order valence-electron chi connectivity index (χ3n) is 5.89. The third-order valence-corrected chi connectivity index (χ3v) is 5.89. The van der Waals surface area contributed by atoms with Crippen molar-refractivity contribution in [3.05, 3.63) is 0 Å². The van der Waals surface area contributed by atoms with Crippen molar-refractivity contribution >= 4 is 5.96 Å². The van der Waals surface area contributed by atoms with E-state index in [1.165, 1.54) is 0 Å². The van der Waals surface area contributed by atoms with Gasteiger partial charge in [0.1, 0.15) is 0 Å². The fraction of sp³-hybridized carbons (Fsp3) is 0.941. The minimum Gasteiger partial charge on any atom is -0.388 e. The maximum Gasteiger partial charge on any atom is 0.191 e. The molecule has 0 aromatic rings. The van der Waals surface area contributed by atoms with Crippen molar-refractivity contribution in [3.63, 3.8) is 0 Å². The van der Waals surface area contributed by atoms with E-state index in [0.717, 1.165) is 18.9 Å². The van der Waals surface area contributed by atoms with E-state index in [9.17, 15) is 5.11 Å². The molecule has 0 bridgehead atoms. The summed E-state index contributed by atoms with van der Waals surface area (Å²) in [4.78, 5) is 4.62. The Morgan fingerprint density at radius 1 is 1.30 bits per heavy atom. The number of hydrogen-bond acceptors (Lipinski definition) is 4. The lowest BCUT2D eigenvalue weighted by atomic mass is 9.56. The number of hydrogen-bond donors (Lipinski definition) is 3. The van der Waals surface area contributed by atoms with E-state index >= 15 is 0 Å². The summed E-state index contributed by atoms with van der Waals surface area (Å²) < 4.78 is 11.0. The van der Waals surface area contributed by atoms with Crippen molar-refractivity contribution in [1.82, 2.24) is 10.6 Å². The smallest absolute Gasteiger partial charge is 0.191 e. The summed E-state index contributed by atoms with van der Waals surface area (Å²) in [5.74, 6) is 0.767.